The number of nitrogens with two attached hydrogens (primary N) is 1. The second kappa shape index (κ2) is 6.93. The van der Waals surface area contributed by atoms with Crippen molar-refractivity contribution in [2.45, 2.75) is 6.61 Å². The molecule has 0 heterocycles. The fourth-order valence-corrected chi connectivity index (χ4v) is 1.78. The van der Waals surface area contributed by atoms with Crippen LogP contribution in [0.15, 0.2) is 48.5 Å². The van der Waals surface area contributed by atoms with Gasteiger partial charge >= 0.3 is 5.97 Å². The Morgan fingerprint density at radius 3 is 2.65 bits per heavy atom. The molecule has 2 aromatic rings. The highest BCUT2D eigenvalue weighted by molar-refractivity contribution is 6.31. The molecule has 0 bridgehead atoms. The van der Waals surface area contributed by atoms with Crippen molar-refractivity contribution in [3.05, 3.63) is 64.7 Å². The third-order valence-electron chi connectivity index (χ3n) is 2.62. The van der Waals surface area contributed by atoms with Crippen molar-refractivity contribution >= 4 is 23.3 Å². The summed E-state index contributed by atoms with van der Waals surface area (Å²) in [5, 5.41) is 0.427. The minimum atomic E-state index is -0.557. The zero-order valence-corrected chi connectivity index (χ0v) is 11.5. The highest BCUT2D eigenvalue weighted by Gasteiger charge is 2.11. The predicted octanol–water partition coefficient (Wildman–Crippen LogP) is 3.25. The van der Waals surface area contributed by atoms with Crippen molar-refractivity contribution in [3.8, 4) is 0 Å². The molecule has 5 heteroatoms. The van der Waals surface area contributed by atoms with Crippen LogP contribution >= 0.6 is 11.6 Å². The highest BCUT2D eigenvalue weighted by Crippen LogP contribution is 2.18. The number of esters is 1. The van der Waals surface area contributed by atoms with Crippen LogP contribution in [0.3, 0.4) is 0 Å². The summed E-state index contributed by atoms with van der Waals surface area (Å²) in [7, 11) is 0. The Hall–Kier alpha value is -2.04. The van der Waals surface area contributed by atoms with Crippen molar-refractivity contribution in [2.24, 2.45) is 0 Å². The average molecular weight is 292 g/mol. The van der Waals surface area contributed by atoms with Crippen LogP contribution in [-0.4, -0.2) is 12.8 Å². The number of benzene rings is 2. The summed E-state index contributed by atoms with van der Waals surface area (Å²) >= 11 is 5.81. The van der Waals surface area contributed by atoms with E-state index in [1.165, 1.54) is 6.07 Å². The standard InChI is InChI=1S/C15H14ClNO3/c16-12-6-7-14(17)13(8-12)15(18)20-10-19-9-11-4-2-1-3-5-11/h1-8H,9-10,17H2. The Balaban J connectivity index is 1.82. The van der Waals surface area contributed by atoms with Gasteiger partial charge in [0.1, 0.15) is 0 Å². The van der Waals surface area contributed by atoms with E-state index >= 15 is 0 Å². The van der Waals surface area contributed by atoms with Gasteiger partial charge in [0.2, 0.25) is 0 Å². The molecular weight excluding hydrogens is 278 g/mol. The van der Waals surface area contributed by atoms with Crippen LogP contribution in [-0.2, 0) is 16.1 Å². The van der Waals surface area contributed by atoms with E-state index in [0.29, 0.717) is 17.3 Å². The van der Waals surface area contributed by atoms with E-state index in [0.717, 1.165) is 5.56 Å². The summed E-state index contributed by atoms with van der Waals surface area (Å²) in [6.45, 7) is 0.235. The monoisotopic (exact) mass is 291 g/mol. The minimum absolute atomic E-state index is 0.139. The van der Waals surface area contributed by atoms with Gasteiger partial charge in [-0.05, 0) is 23.8 Å². The first-order valence-electron chi connectivity index (χ1n) is 6.00. The molecule has 0 saturated carbocycles. The van der Waals surface area contributed by atoms with Gasteiger partial charge in [0.15, 0.2) is 6.79 Å². The Bertz CT molecular complexity index is 587. The molecule has 0 aliphatic rings. The zero-order chi connectivity index (χ0) is 14.4. The van der Waals surface area contributed by atoms with Crippen LogP contribution in [0.4, 0.5) is 5.69 Å². The molecule has 0 aliphatic carbocycles. The van der Waals surface area contributed by atoms with Crippen molar-refractivity contribution in [1.82, 2.24) is 0 Å². The van der Waals surface area contributed by atoms with Gasteiger partial charge in [0.05, 0.1) is 12.2 Å². The number of halogens is 1. The number of nitrogen functional groups attached to an aromatic ring is 1. The summed E-state index contributed by atoms with van der Waals surface area (Å²) in [6.07, 6.45) is 0. The van der Waals surface area contributed by atoms with E-state index in [9.17, 15) is 4.79 Å². The third kappa shape index (κ3) is 3.98. The molecule has 0 spiro atoms. The number of hydrogen-bond acceptors (Lipinski definition) is 4. The predicted molar refractivity (Wildman–Crippen MR) is 77.4 cm³/mol. The highest BCUT2D eigenvalue weighted by atomic mass is 35.5. The Kier molecular flexibility index (Phi) is 4.98. The van der Waals surface area contributed by atoms with Crippen molar-refractivity contribution < 1.29 is 14.3 Å². The van der Waals surface area contributed by atoms with Gasteiger partial charge in [-0.25, -0.2) is 4.79 Å². The molecule has 0 unspecified atom stereocenters. The fourth-order valence-electron chi connectivity index (χ4n) is 1.61. The maximum atomic E-state index is 11.8. The fraction of sp³-hybridized carbons (Fsp3) is 0.133. The molecule has 2 N–H and O–H groups in total. The van der Waals surface area contributed by atoms with Gasteiger partial charge in [-0.3, -0.25) is 0 Å². The van der Waals surface area contributed by atoms with Gasteiger partial charge in [-0.2, -0.15) is 0 Å². The average Bonchev–Trinajstić information content (AvgIpc) is 2.47. The van der Waals surface area contributed by atoms with E-state index in [1.807, 2.05) is 30.3 Å². The molecule has 0 radical (unpaired) electrons. The van der Waals surface area contributed by atoms with E-state index in [1.54, 1.807) is 12.1 Å². The summed E-state index contributed by atoms with van der Waals surface area (Å²) in [5.74, 6) is -0.557. The van der Waals surface area contributed by atoms with Crippen LogP contribution in [0.2, 0.25) is 5.02 Å². The van der Waals surface area contributed by atoms with E-state index in [4.69, 9.17) is 26.8 Å². The molecule has 0 aromatic heterocycles. The largest absolute Gasteiger partial charge is 0.435 e. The van der Waals surface area contributed by atoms with Gasteiger partial charge < -0.3 is 15.2 Å². The molecule has 4 nitrogen and oxygen atoms in total. The molecule has 0 amide bonds. The van der Waals surface area contributed by atoms with E-state index < -0.39 is 5.97 Å². The lowest BCUT2D eigenvalue weighted by Gasteiger charge is -2.08. The first-order valence-corrected chi connectivity index (χ1v) is 6.38. The molecule has 20 heavy (non-hydrogen) atoms. The SMILES string of the molecule is Nc1ccc(Cl)cc1C(=O)OCOCc1ccccc1. The second-order valence-corrected chi connectivity index (χ2v) is 4.55. The maximum Gasteiger partial charge on any atom is 0.342 e. The Morgan fingerprint density at radius 2 is 1.90 bits per heavy atom. The van der Waals surface area contributed by atoms with Crippen molar-refractivity contribution in [3.63, 3.8) is 0 Å². The van der Waals surface area contributed by atoms with E-state index in [-0.39, 0.29) is 12.4 Å². The van der Waals surface area contributed by atoms with Crippen LogP contribution in [0.5, 0.6) is 0 Å². The van der Waals surface area contributed by atoms with Gasteiger partial charge in [0, 0.05) is 10.7 Å². The molecule has 2 aromatic carbocycles. The maximum absolute atomic E-state index is 11.8. The Morgan fingerprint density at radius 1 is 1.15 bits per heavy atom. The summed E-state index contributed by atoms with van der Waals surface area (Å²) < 4.78 is 10.3. The second-order valence-electron chi connectivity index (χ2n) is 4.12. The first-order chi connectivity index (χ1) is 9.66. The van der Waals surface area contributed by atoms with Crippen LogP contribution < -0.4 is 5.73 Å². The lowest BCUT2D eigenvalue weighted by molar-refractivity contribution is -0.0380. The van der Waals surface area contributed by atoms with Crippen molar-refractivity contribution in [2.75, 3.05) is 12.5 Å². The number of carbonyl (C=O) groups excluding carboxylic acids is 1. The molecule has 0 fully saturated rings. The van der Waals surface area contributed by atoms with Gasteiger partial charge in [-0.1, -0.05) is 41.9 Å². The summed E-state index contributed by atoms with van der Waals surface area (Å²) in [5.41, 5.74) is 7.25. The smallest absolute Gasteiger partial charge is 0.342 e. The number of ether oxygens (including phenoxy) is 2. The molecule has 104 valence electrons. The molecule has 0 aliphatic heterocycles. The Labute approximate surface area is 122 Å². The van der Waals surface area contributed by atoms with Crippen LogP contribution in [0.1, 0.15) is 15.9 Å². The number of rotatable bonds is 5. The summed E-state index contributed by atoms with van der Waals surface area (Å²) in [4.78, 5) is 11.8. The van der Waals surface area contributed by atoms with Crippen molar-refractivity contribution in [1.29, 1.82) is 0 Å². The lowest BCUT2D eigenvalue weighted by Crippen LogP contribution is -2.11. The van der Waals surface area contributed by atoms with E-state index in [2.05, 4.69) is 0 Å². The lowest BCUT2D eigenvalue weighted by atomic mass is 10.2. The number of anilines is 1. The number of hydrogen-bond donors (Lipinski definition) is 1. The third-order valence-corrected chi connectivity index (χ3v) is 2.86. The van der Waals surface area contributed by atoms with Crippen LogP contribution in [0.25, 0.3) is 0 Å². The first kappa shape index (κ1) is 14.4. The zero-order valence-electron chi connectivity index (χ0n) is 10.7. The molecule has 0 atom stereocenters. The normalized spacial score (nSPS) is 10.2. The van der Waals surface area contributed by atoms with Crippen LogP contribution in [0, 0.1) is 0 Å². The number of carbonyl (C=O) groups is 1. The minimum Gasteiger partial charge on any atom is -0.435 e. The summed E-state index contributed by atoms with van der Waals surface area (Å²) in [6, 6.07) is 14.2. The molecule has 2 rings (SSSR count). The van der Waals surface area contributed by atoms with Gasteiger partial charge in [-0.15, -0.1) is 0 Å². The quantitative estimate of drug-likeness (QED) is 0.397. The van der Waals surface area contributed by atoms with Gasteiger partial charge in [0.25, 0.3) is 0 Å². The molecular formula is C15H14ClNO3. The topological polar surface area (TPSA) is 61.6 Å². The molecule has 0 saturated heterocycles.